The molecule has 1 aliphatic rings. The highest BCUT2D eigenvalue weighted by molar-refractivity contribution is 7.88. The number of benzene rings is 1. The highest BCUT2D eigenvalue weighted by Crippen LogP contribution is 2.24. The fourth-order valence-corrected chi connectivity index (χ4v) is 5.12. The topological polar surface area (TPSA) is 53.5 Å². The summed E-state index contributed by atoms with van der Waals surface area (Å²) < 4.78 is 25.5. The largest absolute Gasteiger partial charge is 0.299 e. The summed E-state index contributed by atoms with van der Waals surface area (Å²) in [6, 6.07) is 10.6. The van der Waals surface area contributed by atoms with Gasteiger partial charge >= 0.3 is 0 Å². The monoisotopic (exact) mass is 361 g/mol. The Morgan fingerprint density at radius 1 is 1.24 bits per heavy atom. The Labute approximate surface area is 150 Å². The maximum Gasteiger partial charge on any atom is 0.211 e. The van der Waals surface area contributed by atoms with Crippen LogP contribution in [-0.4, -0.2) is 54.5 Å². The van der Waals surface area contributed by atoms with Gasteiger partial charge < -0.3 is 0 Å². The van der Waals surface area contributed by atoms with Gasteiger partial charge in [-0.05, 0) is 37.5 Å². The van der Waals surface area contributed by atoms with Crippen LogP contribution in [0.5, 0.6) is 0 Å². The third kappa shape index (κ3) is 4.19. The maximum absolute atomic E-state index is 11.9. The number of fused-ring (bicyclic) bond motifs is 1. The molecule has 1 saturated heterocycles. The van der Waals surface area contributed by atoms with Gasteiger partial charge in [0.15, 0.2) is 0 Å². The number of pyridine rings is 1. The standard InChI is InChI=1S/C19H27N3O2S/c1-4-22(25(3,23)24)17-9-11-21(12-10-17)14-16-13-15(2)20-19-8-6-5-7-18(16)19/h5-8,13,17H,4,9-12,14H2,1-3H3. The first-order valence-electron chi connectivity index (χ1n) is 8.93. The van der Waals surface area contributed by atoms with E-state index in [0.717, 1.165) is 43.7 Å². The van der Waals surface area contributed by atoms with E-state index in [1.54, 1.807) is 4.31 Å². The van der Waals surface area contributed by atoms with Crippen LogP contribution in [0.1, 0.15) is 31.0 Å². The summed E-state index contributed by atoms with van der Waals surface area (Å²) >= 11 is 0. The van der Waals surface area contributed by atoms with Gasteiger partial charge in [-0.1, -0.05) is 25.1 Å². The third-order valence-corrected chi connectivity index (χ3v) is 6.43. The molecule has 0 aliphatic carbocycles. The Hall–Kier alpha value is -1.50. The molecule has 6 heteroatoms. The lowest BCUT2D eigenvalue weighted by Crippen LogP contribution is -2.46. The lowest BCUT2D eigenvalue weighted by molar-refractivity contribution is 0.156. The molecule has 1 aliphatic heterocycles. The summed E-state index contributed by atoms with van der Waals surface area (Å²) in [6.07, 6.45) is 3.10. The minimum Gasteiger partial charge on any atom is -0.299 e. The van der Waals surface area contributed by atoms with Gasteiger partial charge in [0.1, 0.15) is 0 Å². The molecule has 1 aromatic carbocycles. The summed E-state index contributed by atoms with van der Waals surface area (Å²) in [5.41, 5.74) is 3.39. The van der Waals surface area contributed by atoms with Crippen molar-refractivity contribution in [2.45, 2.75) is 39.3 Å². The van der Waals surface area contributed by atoms with E-state index in [4.69, 9.17) is 0 Å². The molecule has 0 saturated carbocycles. The second-order valence-corrected chi connectivity index (χ2v) is 8.85. The Morgan fingerprint density at radius 3 is 2.56 bits per heavy atom. The predicted molar refractivity (Wildman–Crippen MR) is 102 cm³/mol. The lowest BCUT2D eigenvalue weighted by atomic mass is 10.0. The number of piperidine rings is 1. The van der Waals surface area contributed by atoms with E-state index in [0.29, 0.717) is 6.54 Å². The molecule has 1 aromatic heterocycles. The number of hydrogen-bond acceptors (Lipinski definition) is 4. The van der Waals surface area contributed by atoms with Gasteiger partial charge in [0.05, 0.1) is 11.8 Å². The van der Waals surface area contributed by atoms with Crippen molar-refractivity contribution >= 4 is 20.9 Å². The average molecular weight is 362 g/mol. The van der Waals surface area contributed by atoms with Crippen molar-refractivity contribution in [3.8, 4) is 0 Å². The summed E-state index contributed by atoms with van der Waals surface area (Å²) in [5.74, 6) is 0. The SMILES string of the molecule is CCN(C1CCN(Cc2cc(C)nc3ccccc23)CC1)S(C)(=O)=O. The van der Waals surface area contributed by atoms with Gasteiger partial charge in [-0.15, -0.1) is 0 Å². The van der Waals surface area contributed by atoms with Crippen molar-refractivity contribution in [3.63, 3.8) is 0 Å². The van der Waals surface area contributed by atoms with Crippen molar-refractivity contribution in [3.05, 3.63) is 41.6 Å². The number of aromatic nitrogens is 1. The molecule has 5 nitrogen and oxygen atoms in total. The highest BCUT2D eigenvalue weighted by atomic mass is 32.2. The molecule has 0 bridgehead atoms. The molecule has 0 amide bonds. The van der Waals surface area contributed by atoms with Gasteiger partial charge in [0, 0.05) is 43.3 Å². The van der Waals surface area contributed by atoms with Crippen LogP contribution in [0.15, 0.2) is 30.3 Å². The molecule has 3 rings (SSSR count). The van der Waals surface area contributed by atoms with E-state index in [1.165, 1.54) is 17.2 Å². The number of nitrogens with zero attached hydrogens (tertiary/aromatic N) is 3. The average Bonchev–Trinajstić information content (AvgIpc) is 2.55. The Balaban J connectivity index is 1.71. The maximum atomic E-state index is 11.9. The van der Waals surface area contributed by atoms with Crippen LogP contribution in [0, 0.1) is 6.92 Å². The zero-order valence-electron chi connectivity index (χ0n) is 15.3. The molecule has 0 spiro atoms. The Kier molecular flexibility index (Phi) is 5.41. The minimum atomic E-state index is -3.12. The zero-order valence-corrected chi connectivity index (χ0v) is 16.1. The first-order chi connectivity index (χ1) is 11.9. The second kappa shape index (κ2) is 7.40. The predicted octanol–water partition coefficient (Wildman–Crippen LogP) is 2.79. The smallest absolute Gasteiger partial charge is 0.211 e. The molecule has 0 radical (unpaired) electrons. The van der Waals surface area contributed by atoms with E-state index in [2.05, 4.69) is 34.1 Å². The van der Waals surface area contributed by atoms with Gasteiger partial charge in [-0.25, -0.2) is 8.42 Å². The van der Waals surface area contributed by atoms with Crippen LogP contribution in [0.3, 0.4) is 0 Å². The lowest BCUT2D eigenvalue weighted by Gasteiger charge is -2.37. The molecule has 2 aromatic rings. The van der Waals surface area contributed by atoms with E-state index < -0.39 is 10.0 Å². The number of hydrogen-bond donors (Lipinski definition) is 0. The summed E-state index contributed by atoms with van der Waals surface area (Å²) in [7, 11) is -3.12. The fraction of sp³-hybridized carbons (Fsp3) is 0.526. The first kappa shape index (κ1) is 18.3. The number of rotatable bonds is 5. The van der Waals surface area contributed by atoms with E-state index in [1.807, 2.05) is 19.9 Å². The van der Waals surface area contributed by atoms with Crippen LogP contribution < -0.4 is 0 Å². The summed E-state index contributed by atoms with van der Waals surface area (Å²) in [6.45, 7) is 7.24. The van der Waals surface area contributed by atoms with E-state index in [-0.39, 0.29) is 6.04 Å². The highest BCUT2D eigenvalue weighted by Gasteiger charge is 2.29. The fourth-order valence-electron chi connectivity index (χ4n) is 3.90. The Morgan fingerprint density at radius 2 is 1.92 bits per heavy atom. The molecule has 2 heterocycles. The van der Waals surface area contributed by atoms with Gasteiger partial charge in [0.2, 0.25) is 10.0 Å². The van der Waals surface area contributed by atoms with Crippen LogP contribution in [0.2, 0.25) is 0 Å². The van der Waals surface area contributed by atoms with Crippen molar-refractivity contribution < 1.29 is 8.42 Å². The van der Waals surface area contributed by atoms with Gasteiger partial charge in [0.25, 0.3) is 0 Å². The summed E-state index contributed by atoms with van der Waals surface area (Å²) in [4.78, 5) is 7.04. The molecule has 0 atom stereocenters. The van der Waals surface area contributed by atoms with Crippen molar-refractivity contribution in [2.75, 3.05) is 25.9 Å². The van der Waals surface area contributed by atoms with Crippen LogP contribution in [-0.2, 0) is 16.6 Å². The summed E-state index contributed by atoms with van der Waals surface area (Å²) in [5, 5.41) is 1.21. The third-order valence-electron chi connectivity index (χ3n) is 5.03. The van der Waals surface area contributed by atoms with Crippen molar-refractivity contribution in [1.29, 1.82) is 0 Å². The van der Waals surface area contributed by atoms with E-state index in [9.17, 15) is 8.42 Å². The quantitative estimate of drug-likeness (QED) is 0.822. The zero-order chi connectivity index (χ0) is 18.0. The number of likely N-dealkylation sites (tertiary alicyclic amines) is 1. The van der Waals surface area contributed by atoms with Gasteiger partial charge in [-0.2, -0.15) is 4.31 Å². The molecule has 25 heavy (non-hydrogen) atoms. The second-order valence-electron chi connectivity index (χ2n) is 6.91. The van der Waals surface area contributed by atoms with Crippen LogP contribution in [0.4, 0.5) is 0 Å². The number of para-hydroxylation sites is 1. The van der Waals surface area contributed by atoms with Crippen molar-refractivity contribution in [2.24, 2.45) is 0 Å². The minimum absolute atomic E-state index is 0.132. The number of sulfonamides is 1. The molecular formula is C19H27N3O2S. The molecule has 136 valence electrons. The van der Waals surface area contributed by atoms with Crippen molar-refractivity contribution in [1.82, 2.24) is 14.2 Å². The molecule has 1 fully saturated rings. The number of aryl methyl sites for hydroxylation is 1. The molecule has 0 N–H and O–H groups in total. The van der Waals surface area contributed by atoms with Gasteiger partial charge in [-0.3, -0.25) is 9.88 Å². The van der Waals surface area contributed by atoms with Crippen LogP contribution in [0.25, 0.3) is 10.9 Å². The normalized spacial score (nSPS) is 17.4. The van der Waals surface area contributed by atoms with Crippen LogP contribution >= 0.6 is 0 Å². The first-order valence-corrected chi connectivity index (χ1v) is 10.8. The Bertz CT molecular complexity index is 843. The molecular weight excluding hydrogens is 334 g/mol. The van der Waals surface area contributed by atoms with E-state index >= 15 is 0 Å². The molecule has 0 unspecified atom stereocenters.